The molecule has 0 saturated carbocycles. The number of nitrogens with one attached hydrogen (secondary N) is 1. The van der Waals surface area contributed by atoms with Gasteiger partial charge < -0.3 is 15.0 Å². The first-order valence-corrected chi connectivity index (χ1v) is 14.0. The van der Waals surface area contributed by atoms with Crippen LogP contribution in [0, 0.1) is 31.0 Å². The van der Waals surface area contributed by atoms with Gasteiger partial charge in [-0.3, -0.25) is 0 Å². The lowest BCUT2D eigenvalue weighted by Crippen LogP contribution is -2.43. The molecule has 1 aromatic heterocycles. The minimum Gasteiger partial charge on any atom is -0.436 e. The van der Waals surface area contributed by atoms with Gasteiger partial charge in [-0.05, 0) is 80.7 Å². The summed E-state index contributed by atoms with van der Waals surface area (Å²) in [6.45, 7) is 5.47. The lowest BCUT2D eigenvalue weighted by Gasteiger charge is -2.35. The minimum atomic E-state index is -3.40. The second-order valence-corrected chi connectivity index (χ2v) is 11.5. The van der Waals surface area contributed by atoms with E-state index < -0.39 is 15.7 Å². The normalized spacial score (nSPS) is 14.3. The highest BCUT2D eigenvalue weighted by Gasteiger charge is 2.26. The molecular formula is C26H27ClFN5O3S. The lowest BCUT2D eigenvalue weighted by atomic mass is 10.0. The zero-order valence-electron chi connectivity index (χ0n) is 20.8. The summed E-state index contributed by atoms with van der Waals surface area (Å²) < 4.78 is 44.6. The summed E-state index contributed by atoms with van der Waals surface area (Å²) in [5.41, 5.74) is 2.55. The average molecular weight is 544 g/mol. The van der Waals surface area contributed by atoms with Crippen molar-refractivity contribution in [1.82, 2.24) is 15.3 Å². The van der Waals surface area contributed by atoms with Crippen LogP contribution in [0.4, 0.5) is 10.3 Å². The van der Waals surface area contributed by atoms with Gasteiger partial charge in [-0.1, -0.05) is 17.7 Å². The van der Waals surface area contributed by atoms with Crippen molar-refractivity contribution < 1.29 is 17.5 Å². The van der Waals surface area contributed by atoms with Gasteiger partial charge in [-0.25, -0.2) is 13.4 Å². The highest BCUT2D eigenvalue weighted by atomic mass is 35.5. The second kappa shape index (κ2) is 11.0. The van der Waals surface area contributed by atoms with Crippen molar-refractivity contribution >= 4 is 27.4 Å². The van der Waals surface area contributed by atoms with Crippen LogP contribution in [-0.4, -0.2) is 43.8 Å². The van der Waals surface area contributed by atoms with E-state index in [2.05, 4.69) is 21.4 Å². The molecule has 3 aromatic rings. The average Bonchev–Trinajstić information content (AvgIpc) is 2.86. The fraction of sp³-hybridized carbons (Fsp3) is 0.346. The molecule has 194 valence electrons. The van der Waals surface area contributed by atoms with Gasteiger partial charge in [0, 0.05) is 23.9 Å². The Bertz CT molecular complexity index is 1450. The highest BCUT2D eigenvalue weighted by molar-refractivity contribution is 7.90. The van der Waals surface area contributed by atoms with Crippen LogP contribution in [0.2, 0.25) is 5.02 Å². The van der Waals surface area contributed by atoms with E-state index in [9.17, 15) is 18.1 Å². The molecule has 0 aliphatic carbocycles. The number of nitriles is 1. The Morgan fingerprint density at radius 1 is 1.22 bits per heavy atom. The van der Waals surface area contributed by atoms with E-state index in [0.717, 1.165) is 38.4 Å². The number of aromatic nitrogens is 2. The maximum absolute atomic E-state index is 14.8. The Morgan fingerprint density at radius 3 is 2.49 bits per heavy atom. The van der Waals surface area contributed by atoms with Crippen molar-refractivity contribution in [3.63, 3.8) is 0 Å². The molecule has 1 aliphatic heterocycles. The molecule has 8 nitrogen and oxygen atoms in total. The van der Waals surface area contributed by atoms with Crippen LogP contribution in [0.25, 0.3) is 0 Å². The van der Waals surface area contributed by atoms with E-state index >= 15 is 0 Å². The first-order chi connectivity index (χ1) is 17.6. The van der Waals surface area contributed by atoms with E-state index in [1.165, 1.54) is 12.1 Å². The number of anilines is 1. The van der Waals surface area contributed by atoms with Gasteiger partial charge in [0.25, 0.3) is 5.88 Å². The smallest absolute Gasteiger partial charge is 0.260 e. The van der Waals surface area contributed by atoms with Gasteiger partial charge in [0.15, 0.2) is 9.84 Å². The second-order valence-electron chi connectivity index (χ2n) is 9.11. The van der Waals surface area contributed by atoms with Crippen molar-refractivity contribution in [1.29, 1.82) is 5.26 Å². The molecule has 0 bridgehead atoms. The third kappa shape index (κ3) is 6.18. The van der Waals surface area contributed by atoms with Crippen molar-refractivity contribution in [2.24, 2.45) is 0 Å². The summed E-state index contributed by atoms with van der Waals surface area (Å²) in [6.07, 6.45) is 3.83. The first-order valence-electron chi connectivity index (χ1n) is 11.7. The zero-order valence-corrected chi connectivity index (χ0v) is 22.3. The molecule has 37 heavy (non-hydrogen) atoms. The number of hydrogen-bond donors (Lipinski definition) is 1. The van der Waals surface area contributed by atoms with Gasteiger partial charge in [0.2, 0.25) is 11.8 Å². The molecule has 1 aliphatic rings. The van der Waals surface area contributed by atoms with Crippen LogP contribution in [0.1, 0.15) is 35.1 Å². The molecule has 11 heteroatoms. The highest BCUT2D eigenvalue weighted by Crippen LogP contribution is 2.32. The Kier molecular flexibility index (Phi) is 7.97. The number of halogens is 2. The van der Waals surface area contributed by atoms with Crippen LogP contribution < -0.4 is 15.0 Å². The van der Waals surface area contributed by atoms with Crippen LogP contribution in [0.15, 0.2) is 41.4 Å². The van der Waals surface area contributed by atoms with Crippen LogP contribution in [0.5, 0.6) is 11.6 Å². The molecule has 2 aromatic carbocycles. The summed E-state index contributed by atoms with van der Waals surface area (Å²) >= 11 is 6.48. The molecule has 1 saturated heterocycles. The topological polar surface area (TPSA) is 108 Å². The number of sulfone groups is 1. The van der Waals surface area contributed by atoms with E-state index in [1.54, 1.807) is 32.0 Å². The number of aryl methyl sites for hydroxylation is 2. The molecule has 1 N–H and O–H groups in total. The van der Waals surface area contributed by atoms with Crippen molar-refractivity contribution in [3.8, 4) is 17.7 Å². The molecule has 4 rings (SSSR count). The number of piperidine rings is 1. The number of nitrogens with zero attached hydrogens (tertiary/aromatic N) is 4. The van der Waals surface area contributed by atoms with Gasteiger partial charge in [-0.15, -0.1) is 0 Å². The Balaban J connectivity index is 1.71. The number of benzene rings is 2. The van der Waals surface area contributed by atoms with Gasteiger partial charge in [0.1, 0.15) is 5.75 Å². The van der Waals surface area contributed by atoms with Crippen LogP contribution in [0.3, 0.4) is 0 Å². The van der Waals surface area contributed by atoms with Crippen molar-refractivity contribution in [3.05, 3.63) is 69.6 Å². The monoisotopic (exact) mass is 543 g/mol. The first kappa shape index (κ1) is 26.8. The molecule has 0 spiro atoms. The van der Waals surface area contributed by atoms with E-state index in [4.69, 9.17) is 16.3 Å². The van der Waals surface area contributed by atoms with E-state index in [-0.39, 0.29) is 22.8 Å². The summed E-state index contributed by atoms with van der Waals surface area (Å²) in [5.74, 6) is -0.239. The summed E-state index contributed by atoms with van der Waals surface area (Å²) in [7, 11) is -3.40. The van der Waals surface area contributed by atoms with Crippen LogP contribution >= 0.6 is 11.6 Å². The molecule has 2 heterocycles. The summed E-state index contributed by atoms with van der Waals surface area (Å²) in [5, 5.41) is 12.8. The Labute approximate surface area is 221 Å². The predicted molar refractivity (Wildman–Crippen MR) is 139 cm³/mol. The fourth-order valence-corrected chi connectivity index (χ4v) is 5.33. The number of ether oxygens (including phenoxy) is 1. The standard InChI is InChI=1S/C26H27ClFN5O3S/c1-16-10-18(13-29)11-17(2)24(16)36-25-23(28)14-31-26(32-25)33(20-6-8-30-9-7-20)15-19-4-5-21(12-22(19)27)37(3,34)35/h4-5,10-12,14,20,30H,6-9,15H2,1-3H3. The lowest BCUT2D eigenvalue weighted by molar-refractivity contribution is 0.403. The fourth-order valence-electron chi connectivity index (χ4n) is 4.38. The van der Waals surface area contributed by atoms with Gasteiger partial charge in [0.05, 0.1) is 22.7 Å². The molecule has 0 radical (unpaired) electrons. The number of hydrogen-bond acceptors (Lipinski definition) is 8. The Morgan fingerprint density at radius 2 is 1.89 bits per heavy atom. The van der Waals surface area contributed by atoms with Gasteiger partial charge in [-0.2, -0.15) is 14.6 Å². The maximum atomic E-state index is 14.8. The van der Waals surface area contributed by atoms with E-state index in [1.807, 2.05) is 4.90 Å². The quantitative estimate of drug-likeness (QED) is 0.456. The van der Waals surface area contributed by atoms with Crippen molar-refractivity contribution in [2.75, 3.05) is 24.2 Å². The third-order valence-corrected chi connectivity index (χ3v) is 7.75. The van der Waals surface area contributed by atoms with Crippen molar-refractivity contribution in [2.45, 2.75) is 44.2 Å². The predicted octanol–water partition coefficient (Wildman–Crippen LogP) is 4.71. The number of rotatable bonds is 7. The SMILES string of the molecule is Cc1cc(C#N)cc(C)c1Oc1nc(N(Cc2ccc(S(C)(=O)=O)cc2Cl)C2CCNCC2)ncc1F. The Hall–Kier alpha value is -3.26. The molecule has 0 amide bonds. The largest absolute Gasteiger partial charge is 0.436 e. The van der Waals surface area contributed by atoms with Crippen LogP contribution in [-0.2, 0) is 16.4 Å². The molecular weight excluding hydrogens is 517 g/mol. The molecule has 0 atom stereocenters. The molecule has 1 fully saturated rings. The maximum Gasteiger partial charge on any atom is 0.260 e. The third-order valence-electron chi connectivity index (χ3n) is 6.29. The zero-order chi connectivity index (χ0) is 26.7. The summed E-state index contributed by atoms with van der Waals surface area (Å²) in [4.78, 5) is 10.8. The minimum absolute atomic E-state index is 0.0450. The van der Waals surface area contributed by atoms with E-state index in [0.29, 0.717) is 39.6 Å². The summed E-state index contributed by atoms with van der Waals surface area (Å²) in [6, 6.07) is 10.1. The van der Waals surface area contributed by atoms with Gasteiger partial charge >= 0.3 is 0 Å². The molecule has 0 unspecified atom stereocenters.